The van der Waals surface area contributed by atoms with Crippen molar-refractivity contribution in [3.8, 4) is 5.75 Å². The highest BCUT2D eigenvalue weighted by atomic mass is 19.2. The molecule has 0 bridgehead atoms. The van der Waals surface area contributed by atoms with Gasteiger partial charge in [-0.15, -0.1) is 0 Å². The zero-order valence-electron chi connectivity index (χ0n) is 19.1. The molecule has 1 saturated heterocycles. The summed E-state index contributed by atoms with van der Waals surface area (Å²) >= 11 is 0. The van der Waals surface area contributed by atoms with Gasteiger partial charge in [-0.2, -0.15) is 4.39 Å². The van der Waals surface area contributed by atoms with E-state index in [1.807, 2.05) is 0 Å². The van der Waals surface area contributed by atoms with Gasteiger partial charge in [0.1, 0.15) is 5.75 Å². The molecule has 7 nitrogen and oxygen atoms in total. The summed E-state index contributed by atoms with van der Waals surface area (Å²) in [6, 6.07) is 15.3. The van der Waals surface area contributed by atoms with Crippen LogP contribution in [0.3, 0.4) is 0 Å². The Hall–Kier alpha value is -3.26. The first-order valence-corrected chi connectivity index (χ1v) is 11.7. The summed E-state index contributed by atoms with van der Waals surface area (Å²) in [5.74, 6) is -3.37. The van der Waals surface area contributed by atoms with Crippen LogP contribution in [0.25, 0.3) is 0 Å². The van der Waals surface area contributed by atoms with Crippen LogP contribution in [0.5, 0.6) is 5.75 Å². The number of amides is 3. The van der Waals surface area contributed by atoms with Crippen molar-refractivity contribution in [3.05, 3.63) is 65.7 Å². The lowest BCUT2D eigenvalue weighted by atomic mass is 10.1. The summed E-state index contributed by atoms with van der Waals surface area (Å²) in [7, 11) is 0. The predicted molar refractivity (Wildman–Crippen MR) is 123 cm³/mol. The number of alkyl halides is 1. The number of para-hydroxylation sites is 1. The summed E-state index contributed by atoms with van der Waals surface area (Å²) in [6.45, 7) is 1.75. The highest BCUT2D eigenvalue weighted by molar-refractivity contribution is 6.21. The van der Waals surface area contributed by atoms with E-state index in [-0.39, 0.29) is 18.2 Å². The van der Waals surface area contributed by atoms with Crippen LogP contribution in [0.2, 0.25) is 0 Å². The average molecular weight is 469 g/mol. The molecular formula is C26H29FN2O5. The van der Waals surface area contributed by atoms with Gasteiger partial charge in [0.05, 0.1) is 24.3 Å². The van der Waals surface area contributed by atoms with E-state index in [2.05, 4.69) is 0 Å². The second-order valence-electron chi connectivity index (χ2n) is 8.52. The van der Waals surface area contributed by atoms with Crippen molar-refractivity contribution in [3.63, 3.8) is 0 Å². The number of carbonyl (C=O) groups excluding carboxylic acids is 3. The van der Waals surface area contributed by atoms with Gasteiger partial charge in [0.15, 0.2) is 0 Å². The minimum absolute atomic E-state index is 0.0783. The molecule has 2 heterocycles. The lowest BCUT2D eigenvalue weighted by Gasteiger charge is -2.34. The van der Waals surface area contributed by atoms with Gasteiger partial charge in [0.25, 0.3) is 17.7 Å². The van der Waals surface area contributed by atoms with E-state index in [1.54, 1.807) is 54.6 Å². The number of benzene rings is 2. The molecule has 0 saturated carbocycles. The second kappa shape index (κ2) is 10.8. The van der Waals surface area contributed by atoms with Gasteiger partial charge in [0.2, 0.25) is 0 Å². The number of fused-ring (bicyclic) bond motifs is 1. The fraction of sp³-hybridized carbons (Fsp3) is 0.423. The van der Waals surface area contributed by atoms with Crippen molar-refractivity contribution in [2.75, 3.05) is 32.8 Å². The molecule has 2 aliphatic heterocycles. The van der Waals surface area contributed by atoms with Gasteiger partial charge in [0, 0.05) is 26.1 Å². The molecule has 2 aromatic carbocycles. The van der Waals surface area contributed by atoms with Crippen LogP contribution >= 0.6 is 0 Å². The lowest BCUT2D eigenvalue weighted by Crippen LogP contribution is -2.53. The molecule has 1 unspecified atom stereocenters. The Bertz CT molecular complexity index is 990. The van der Waals surface area contributed by atoms with Crippen LogP contribution in [-0.2, 0) is 9.53 Å². The van der Waals surface area contributed by atoms with Crippen molar-refractivity contribution >= 4 is 17.7 Å². The van der Waals surface area contributed by atoms with Crippen molar-refractivity contribution in [2.24, 2.45) is 0 Å². The molecule has 1 fully saturated rings. The van der Waals surface area contributed by atoms with E-state index >= 15 is 4.39 Å². The molecule has 2 aromatic rings. The van der Waals surface area contributed by atoms with E-state index < -0.39 is 11.8 Å². The minimum Gasteiger partial charge on any atom is -0.450 e. The number of carbonyl (C=O) groups is 3. The standard InChI is InChI=1S/C26H29FN2O5/c27-26(34-20-10-4-3-5-11-20,25(32)28-16-18-33-19-17-28)14-8-1-2-9-15-29-23(30)21-12-6-7-13-22(21)24(29)31/h3-7,10-13H,1-2,8-9,14-19H2. The fourth-order valence-corrected chi connectivity index (χ4v) is 4.30. The monoisotopic (exact) mass is 468 g/mol. The highest BCUT2D eigenvalue weighted by Gasteiger charge is 2.44. The van der Waals surface area contributed by atoms with Crippen LogP contribution in [-0.4, -0.2) is 66.2 Å². The maximum Gasteiger partial charge on any atom is 0.326 e. The Balaban J connectivity index is 1.28. The molecule has 3 amide bonds. The third-order valence-corrected chi connectivity index (χ3v) is 6.15. The lowest BCUT2D eigenvalue weighted by molar-refractivity contribution is -0.171. The quantitative estimate of drug-likeness (QED) is 0.391. The van der Waals surface area contributed by atoms with Crippen molar-refractivity contribution in [1.82, 2.24) is 9.80 Å². The molecular weight excluding hydrogens is 439 g/mol. The normalized spacial score (nSPS) is 17.4. The summed E-state index contributed by atoms with van der Waals surface area (Å²) in [6.07, 6.45) is 2.30. The SMILES string of the molecule is O=C1c2ccccc2C(=O)N1CCCCCCC(F)(Oc1ccccc1)C(=O)N1CCOCC1. The van der Waals surface area contributed by atoms with Crippen LogP contribution in [0, 0.1) is 0 Å². The predicted octanol–water partition coefficient (Wildman–Crippen LogP) is 3.84. The number of ether oxygens (including phenoxy) is 2. The Kier molecular flexibility index (Phi) is 7.57. The van der Waals surface area contributed by atoms with Gasteiger partial charge in [-0.3, -0.25) is 19.3 Å². The molecule has 34 heavy (non-hydrogen) atoms. The van der Waals surface area contributed by atoms with E-state index in [9.17, 15) is 14.4 Å². The van der Waals surface area contributed by atoms with Gasteiger partial charge >= 0.3 is 5.85 Å². The molecule has 8 heteroatoms. The average Bonchev–Trinajstić information content (AvgIpc) is 3.11. The summed E-state index contributed by atoms with van der Waals surface area (Å²) < 4.78 is 26.8. The zero-order chi connectivity index (χ0) is 24.0. The maximum atomic E-state index is 15.9. The number of rotatable bonds is 10. The van der Waals surface area contributed by atoms with E-state index in [1.165, 1.54) is 9.80 Å². The van der Waals surface area contributed by atoms with E-state index in [0.717, 1.165) is 0 Å². The smallest absolute Gasteiger partial charge is 0.326 e. The van der Waals surface area contributed by atoms with Gasteiger partial charge < -0.3 is 14.4 Å². The number of hydrogen-bond donors (Lipinski definition) is 0. The third-order valence-electron chi connectivity index (χ3n) is 6.15. The third kappa shape index (κ3) is 5.28. The number of imide groups is 1. The van der Waals surface area contributed by atoms with E-state index in [4.69, 9.17) is 9.47 Å². The largest absolute Gasteiger partial charge is 0.450 e. The first kappa shape index (κ1) is 23.9. The maximum absolute atomic E-state index is 15.9. The van der Waals surface area contributed by atoms with E-state index in [0.29, 0.717) is 75.4 Å². The van der Waals surface area contributed by atoms with Crippen LogP contribution in [0.15, 0.2) is 54.6 Å². The Labute approximate surface area is 198 Å². The topological polar surface area (TPSA) is 76.2 Å². The molecule has 0 radical (unpaired) electrons. The fourth-order valence-electron chi connectivity index (χ4n) is 4.30. The van der Waals surface area contributed by atoms with Gasteiger partial charge in [-0.05, 0) is 37.1 Å². The Morgan fingerprint density at radius 2 is 1.47 bits per heavy atom. The molecule has 0 spiro atoms. The molecule has 4 rings (SSSR count). The number of halogens is 1. The highest BCUT2D eigenvalue weighted by Crippen LogP contribution is 2.28. The van der Waals surface area contributed by atoms with Crippen LogP contribution in [0.1, 0.15) is 52.8 Å². The minimum atomic E-state index is -2.46. The Morgan fingerprint density at radius 1 is 0.882 bits per heavy atom. The van der Waals surface area contributed by atoms with Gasteiger partial charge in [-0.1, -0.05) is 43.2 Å². The number of unbranched alkanes of at least 4 members (excludes halogenated alkanes) is 3. The zero-order valence-corrected chi connectivity index (χ0v) is 19.1. The first-order valence-electron chi connectivity index (χ1n) is 11.7. The first-order chi connectivity index (χ1) is 16.5. The van der Waals surface area contributed by atoms with Crippen molar-refractivity contribution in [2.45, 2.75) is 38.0 Å². The molecule has 2 aliphatic rings. The number of nitrogens with zero attached hydrogens (tertiary/aromatic N) is 2. The van der Waals surface area contributed by atoms with Gasteiger partial charge in [-0.25, -0.2) is 0 Å². The molecule has 180 valence electrons. The van der Waals surface area contributed by atoms with Crippen molar-refractivity contribution in [1.29, 1.82) is 0 Å². The summed E-state index contributed by atoms with van der Waals surface area (Å²) in [5.41, 5.74) is 0.879. The second-order valence-corrected chi connectivity index (χ2v) is 8.52. The molecule has 0 aliphatic carbocycles. The number of morpholine rings is 1. The number of hydrogen-bond acceptors (Lipinski definition) is 5. The molecule has 1 atom stereocenters. The van der Waals surface area contributed by atoms with Crippen molar-refractivity contribution < 1.29 is 28.2 Å². The Morgan fingerprint density at radius 3 is 2.12 bits per heavy atom. The molecule has 0 aromatic heterocycles. The van der Waals surface area contributed by atoms with Crippen LogP contribution < -0.4 is 4.74 Å². The molecule has 0 N–H and O–H groups in total. The summed E-state index contributed by atoms with van der Waals surface area (Å²) in [5, 5.41) is 0. The summed E-state index contributed by atoms with van der Waals surface area (Å²) in [4.78, 5) is 40.6. The van der Waals surface area contributed by atoms with Crippen LogP contribution in [0.4, 0.5) is 4.39 Å².